The highest BCUT2D eigenvalue weighted by molar-refractivity contribution is 5.62. The maximum atomic E-state index is 10.3. The van der Waals surface area contributed by atoms with Crippen LogP contribution in [-0.4, -0.2) is 31.0 Å². The third kappa shape index (κ3) is 1.81. The summed E-state index contributed by atoms with van der Waals surface area (Å²) in [6, 6.07) is 6.90. The summed E-state index contributed by atoms with van der Waals surface area (Å²) in [6.07, 6.45) is -0.304. The van der Waals surface area contributed by atoms with Gasteiger partial charge in [-0.05, 0) is 18.2 Å². The molecule has 6 heteroatoms. The van der Waals surface area contributed by atoms with E-state index in [1.165, 1.54) is 14.2 Å². The minimum Gasteiger partial charge on any atom is -0.504 e. The van der Waals surface area contributed by atoms with Crippen molar-refractivity contribution in [3.63, 3.8) is 0 Å². The number of ether oxygens (including phenoxy) is 4. The molecular formula is C17H16O6. The number of methoxy groups -OCH3 is 2. The lowest BCUT2D eigenvalue weighted by Crippen LogP contribution is -2.23. The van der Waals surface area contributed by atoms with Crippen LogP contribution >= 0.6 is 0 Å². The molecule has 2 aromatic carbocycles. The van der Waals surface area contributed by atoms with Crippen LogP contribution in [0.5, 0.6) is 34.5 Å². The van der Waals surface area contributed by atoms with Gasteiger partial charge in [0.25, 0.3) is 0 Å². The summed E-state index contributed by atoms with van der Waals surface area (Å²) < 4.78 is 22.2. The molecule has 0 saturated heterocycles. The molecule has 0 unspecified atom stereocenters. The normalized spacial score (nSPS) is 20.6. The van der Waals surface area contributed by atoms with Gasteiger partial charge in [-0.15, -0.1) is 0 Å². The maximum Gasteiger partial charge on any atom is 0.203 e. The molecule has 2 aromatic rings. The zero-order valence-electron chi connectivity index (χ0n) is 12.7. The molecule has 6 nitrogen and oxygen atoms in total. The molecule has 0 spiro atoms. The van der Waals surface area contributed by atoms with Crippen molar-refractivity contribution in [1.82, 2.24) is 0 Å². The lowest BCUT2D eigenvalue weighted by molar-refractivity contribution is 0.133. The SMILES string of the molecule is COc1ccc2c(c1O)O[C@H]1c3ccc(O)c(OC)c3OC[C@@H]21. The van der Waals surface area contributed by atoms with E-state index in [0.29, 0.717) is 29.6 Å². The quantitative estimate of drug-likeness (QED) is 0.887. The van der Waals surface area contributed by atoms with Gasteiger partial charge >= 0.3 is 0 Å². The molecule has 0 radical (unpaired) electrons. The number of hydrogen-bond acceptors (Lipinski definition) is 6. The fraction of sp³-hybridized carbons (Fsp3) is 0.294. The Morgan fingerprint density at radius 2 is 1.78 bits per heavy atom. The average Bonchev–Trinajstić information content (AvgIpc) is 2.95. The van der Waals surface area contributed by atoms with E-state index in [0.717, 1.165) is 11.1 Å². The standard InChI is InChI=1S/C17H16O6/c1-20-12-6-4-8-10-7-22-16-9(3-5-11(18)17(16)21-2)14(10)23-15(8)13(12)19/h3-6,10,14,18-19H,7H2,1-2H3/t10-,14-/m0/s1. The molecule has 2 atom stereocenters. The summed E-state index contributed by atoms with van der Waals surface area (Å²) in [5, 5.41) is 20.2. The molecule has 0 amide bonds. The van der Waals surface area contributed by atoms with Crippen molar-refractivity contribution in [2.24, 2.45) is 0 Å². The molecular weight excluding hydrogens is 300 g/mol. The third-order valence-corrected chi connectivity index (χ3v) is 4.39. The number of fused-ring (bicyclic) bond motifs is 5. The average molecular weight is 316 g/mol. The van der Waals surface area contributed by atoms with E-state index in [1.54, 1.807) is 18.2 Å². The summed E-state index contributed by atoms with van der Waals surface area (Å²) in [6.45, 7) is 0.371. The molecule has 2 heterocycles. The highest BCUT2D eigenvalue weighted by Gasteiger charge is 2.43. The van der Waals surface area contributed by atoms with Crippen LogP contribution in [0.25, 0.3) is 0 Å². The fourth-order valence-electron chi connectivity index (χ4n) is 3.29. The van der Waals surface area contributed by atoms with Gasteiger partial charge in [-0.3, -0.25) is 0 Å². The molecule has 2 N–H and O–H groups in total. The first-order valence-electron chi connectivity index (χ1n) is 7.24. The van der Waals surface area contributed by atoms with Gasteiger partial charge in [0.15, 0.2) is 23.0 Å². The van der Waals surface area contributed by atoms with Crippen LogP contribution in [-0.2, 0) is 0 Å². The number of phenols is 2. The second-order valence-electron chi connectivity index (χ2n) is 5.53. The molecule has 0 bridgehead atoms. The van der Waals surface area contributed by atoms with Crippen molar-refractivity contribution in [3.8, 4) is 34.5 Å². The molecule has 2 aliphatic rings. The van der Waals surface area contributed by atoms with Crippen LogP contribution in [0.2, 0.25) is 0 Å². The van der Waals surface area contributed by atoms with E-state index in [4.69, 9.17) is 18.9 Å². The Bertz CT molecular complexity index is 785. The summed E-state index contributed by atoms with van der Waals surface area (Å²) in [4.78, 5) is 0. The predicted molar refractivity (Wildman–Crippen MR) is 80.9 cm³/mol. The largest absolute Gasteiger partial charge is 0.504 e. The van der Waals surface area contributed by atoms with E-state index in [1.807, 2.05) is 6.07 Å². The van der Waals surface area contributed by atoms with Gasteiger partial charge < -0.3 is 29.2 Å². The molecule has 23 heavy (non-hydrogen) atoms. The van der Waals surface area contributed by atoms with Crippen molar-refractivity contribution < 1.29 is 29.2 Å². The topological polar surface area (TPSA) is 77.4 Å². The van der Waals surface area contributed by atoms with Crippen LogP contribution in [0.15, 0.2) is 24.3 Å². The van der Waals surface area contributed by atoms with Crippen LogP contribution in [0.3, 0.4) is 0 Å². The maximum absolute atomic E-state index is 10.3. The van der Waals surface area contributed by atoms with Crippen LogP contribution in [0.4, 0.5) is 0 Å². The molecule has 2 aliphatic heterocycles. The number of rotatable bonds is 2. The Hall–Kier alpha value is -2.76. The second-order valence-corrected chi connectivity index (χ2v) is 5.53. The van der Waals surface area contributed by atoms with Crippen molar-refractivity contribution in [3.05, 3.63) is 35.4 Å². The lowest BCUT2D eigenvalue weighted by Gasteiger charge is -2.29. The van der Waals surface area contributed by atoms with E-state index < -0.39 is 0 Å². The van der Waals surface area contributed by atoms with Gasteiger partial charge in [0.1, 0.15) is 6.10 Å². The smallest absolute Gasteiger partial charge is 0.203 e. The van der Waals surface area contributed by atoms with Gasteiger partial charge in [0, 0.05) is 11.1 Å². The zero-order valence-corrected chi connectivity index (χ0v) is 12.7. The Kier molecular flexibility index (Phi) is 2.94. The fourth-order valence-corrected chi connectivity index (χ4v) is 3.29. The first-order valence-corrected chi connectivity index (χ1v) is 7.24. The van der Waals surface area contributed by atoms with Crippen LogP contribution in [0.1, 0.15) is 23.1 Å². The molecule has 0 fully saturated rings. The molecule has 4 rings (SSSR count). The van der Waals surface area contributed by atoms with Gasteiger partial charge in [0.2, 0.25) is 11.5 Å². The van der Waals surface area contributed by atoms with Crippen molar-refractivity contribution in [2.45, 2.75) is 12.0 Å². The Labute approximate surface area is 132 Å². The summed E-state index contributed by atoms with van der Waals surface area (Å²) in [7, 11) is 2.97. The lowest BCUT2D eigenvalue weighted by atomic mass is 9.89. The third-order valence-electron chi connectivity index (χ3n) is 4.39. The van der Waals surface area contributed by atoms with Gasteiger partial charge in [-0.2, -0.15) is 0 Å². The van der Waals surface area contributed by atoms with E-state index in [9.17, 15) is 10.2 Å². The number of hydrogen-bond donors (Lipinski definition) is 2. The highest BCUT2D eigenvalue weighted by atomic mass is 16.5. The van der Waals surface area contributed by atoms with Crippen LogP contribution < -0.4 is 18.9 Å². The zero-order chi connectivity index (χ0) is 16.1. The van der Waals surface area contributed by atoms with E-state index >= 15 is 0 Å². The Balaban J connectivity index is 1.82. The minimum absolute atomic E-state index is 0.00769. The number of benzene rings is 2. The molecule has 120 valence electrons. The first-order chi connectivity index (χ1) is 11.2. The van der Waals surface area contributed by atoms with Crippen molar-refractivity contribution in [2.75, 3.05) is 20.8 Å². The molecule has 0 saturated carbocycles. The second kappa shape index (κ2) is 4.87. The first kappa shape index (κ1) is 13.9. The monoisotopic (exact) mass is 316 g/mol. The van der Waals surface area contributed by atoms with Gasteiger partial charge in [0.05, 0.1) is 26.7 Å². The van der Waals surface area contributed by atoms with Crippen LogP contribution in [0, 0.1) is 0 Å². The predicted octanol–water partition coefficient (Wildman–Crippen LogP) is 2.72. The van der Waals surface area contributed by atoms with Crippen molar-refractivity contribution >= 4 is 0 Å². The number of aromatic hydroxyl groups is 2. The number of phenolic OH excluding ortho intramolecular Hbond substituents is 2. The molecule has 0 aromatic heterocycles. The Morgan fingerprint density at radius 3 is 2.52 bits per heavy atom. The van der Waals surface area contributed by atoms with Crippen molar-refractivity contribution in [1.29, 1.82) is 0 Å². The summed E-state index contributed by atoms with van der Waals surface area (Å²) in [5.41, 5.74) is 1.66. The van der Waals surface area contributed by atoms with E-state index in [2.05, 4.69) is 0 Å². The highest BCUT2D eigenvalue weighted by Crippen LogP contribution is 2.57. The minimum atomic E-state index is -0.304. The van der Waals surface area contributed by atoms with E-state index in [-0.39, 0.29) is 23.5 Å². The van der Waals surface area contributed by atoms with Gasteiger partial charge in [-0.1, -0.05) is 6.07 Å². The summed E-state index contributed by atoms with van der Waals surface area (Å²) in [5.74, 6) is 1.53. The summed E-state index contributed by atoms with van der Waals surface area (Å²) >= 11 is 0. The molecule has 0 aliphatic carbocycles. The Morgan fingerprint density at radius 1 is 1.00 bits per heavy atom. The van der Waals surface area contributed by atoms with Gasteiger partial charge in [-0.25, -0.2) is 0 Å².